The van der Waals surface area contributed by atoms with Crippen molar-refractivity contribution >= 4 is 11.6 Å². The van der Waals surface area contributed by atoms with Gasteiger partial charge in [0.15, 0.2) is 0 Å². The molecule has 1 unspecified atom stereocenters. The topological polar surface area (TPSA) is 53.1 Å². The van der Waals surface area contributed by atoms with Crippen molar-refractivity contribution in [2.45, 2.75) is 39.2 Å². The van der Waals surface area contributed by atoms with E-state index in [-0.39, 0.29) is 0 Å². The summed E-state index contributed by atoms with van der Waals surface area (Å²) in [5.74, 6) is 2.66. The van der Waals surface area contributed by atoms with Crippen LogP contribution in [-0.2, 0) is 0 Å². The Morgan fingerprint density at radius 3 is 2.63 bits per heavy atom. The molecule has 0 aliphatic carbocycles. The molecule has 0 aromatic carbocycles. The molecule has 2 N–H and O–H groups in total. The van der Waals surface area contributed by atoms with E-state index in [9.17, 15) is 0 Å². The summed E-state index contributed by atoms with van der Waals surface area (Å²) in [5.41, 5.74) is 1.09. The number of piperidine rings is 1. The van der Waals surface area contributed by atoms with E-state index < -0.39 is 0 Å². The first-order valence-electron chi connectivity index (χ1n) is 7.09. The molecule has 19 heavy (non-hydrogen) atoms. The Morgan fingerprint density at radius 2 is 1.95 bits per heavy atom. The number of aromatic nitrogens is 2. The van der Waals surface area contributed by atoms with E-state index in [2.05, 4.69) is 39.5 Å². The summed E-state index contributed by atoms with van der Waals surface area (Å²) in [6, 6.07) is 0.612. The second-order valence-electron chi connectivity index (χ2n) is 5.35. The molecule has 1 aliphatic rings. The van der Waals surface area contributed by atoms with Crippen molar-refractivity contribution in [1.29, 1.82) is 0 Å². The van der Waals surface area contributed by atoms with Crippen LogP contribution in [0.1, 0.15) is 30.7 Å². The quantitative estimate of drug-likeness (QED) is 0.870. The maximum absolute atomic E-state index is 4.51. The molecule has 1 fully saturated rings. The highest BCUT2D eigenvalue weighted by Crippen LogP contribution is 2.21. The number of nitrogens with one attached hydrogen (secondary N) is 2. The van der Waals surface area contributed by atoms with E-state index in [0.29, 0.717) is 6.04 Å². The number of hydrogen-bond acceptors (Lipinski definition) is 5. The minimum Gasteiger partial charge on any atom is -0.373 e. The van der Waals surface area contributed by atoms with Gasteiger partial charge in [-0.15, -0.1) is 0 Å². The maximum Gasteiger partial charge on any atom is 0.134 e. The molecular formula is C14H25N5. The Morgan fingerprint density at radius 1 is 1.21 bits per heavy atom. The number of nitrogens with zero attached hydrogens (tertiary/aromatic N) is 3. The third-order valence-electron chi connectivity index (χ3n) is 3.92. The van der Waals surface area contributed by atoms with Gasteiger partial charge >= 0.3 is 0 Å². The molecule has 1 atom stereocenters. The van der Waals surface area contributed by atoms with Gasteiger partial charge in [0.25, 0.3) is 0 Å². The van der Waals surface area contributed by atoms with Gasteiger partial charge in [-0.2, -0.15) is 0 Å². The summed E-state index contributed by atoms with van der Waals surface area (Å²) in [4.78, 5) is 11.3. The Labute approximate surface area is 115 Å². The van der Waals surface area contributed by atoms with E-state index in [1.807, 2.05) is 14.0 Å². The van der Waals surface area contributed by atoms with Crippen LogP contribution in [-0.4, -0.2) is 48.1 Å². The molecule has 1 saturated heterocycles. The van der Waals surface area contributed by atoms with E-state index in [1.54, 1.807) is 0 Å². The average Bonchev–Trinajstić information content (AvgIpc) is 2.41. The van der Waals surface area contributed by atoms with Gasteiger partial charge < -0.3 is 15.5 Å². The molecule has 0 saturated carbocycles. The van der Waals surface area contributed by atoms with E-state index in [1.165, 1.54) is 25.8 Å². The van der Waals surface area contributed by atoms with Crippen molar-refractivity contribution in [2.24, 2.45) is 0 Å². The van der Waals surface area contributed by atoms with Crippen LogP contribution in [0.3, 0.4) is 0 Å². The molecule has 2 rings (SSSR count). The van der Waals surface area contributed by atoms with Crippen molar-refractivity contribution < 1.29 is 0 Å². The summed E-state index contributed by atoms with van der Waals surface area (Å²) in [6.45, 7) is 6.14. The largest absolute Gasteiger partial charge is 0.373 e. The lowest BCUT2D eigenvalue weighted by molar-refractivity contribution is 0.194. The molecule has 0 bridgehead atoms. The van der Waals surface area contributed by atoms with Crippen LogP contribution in [0.25, 0.3) is 0 Å². The van der Waals surface area contributed by atoms with Crippen molar-refractivity contribution in [3.63, 3.8) is 0 Å². The summed E-state index contributed by atoms with van der Waals surface area (Å²) < 4.78 is 0. The number of anilines is 2. The highest BCUT2D eigenvalue weighted by atomic mass is 15.2. The zero-order valence-electron chi connectivity index (χ0n) is 12.5. The lowest BCUT2D eigenvalue weighted by atomic mass is 10.0. The molecule has 1 aliphatic heterocycles. The molecule has 0 amide bonds. The monoisotopic (exact) mass is 263 g/mol. The summed E-state index contributed by atoms with van der Waals surface area (Å²) in [7, 11) is 4.11. The fourth-order valence-electron chi connectivity index (χ4n) is 2.66. The van der Waals surface area contributed by atoms with Crippen LogP contribution >= 0.6 is 0 Å². The highest BCUT2D eigenvalue weighted by Gasteiger charge is 2.19. The molecule has 1 aromatic rings. The first-order valence-corrected chi connectivity index (χ1v) is 7.09. The molecule has 1 aromatic heterocycles. The molecule has 2 heterocycles. The van der Waals surface area contributed by atoms with Crippen LogP contribution in [0.5, 0.6) is 0 Å². The van der Waals surface area contributed by atoms with Gasteiger partial charge in [0.05, 0.1) is 0 Å². The lowest BCUT2D eigenvalue weighted by Crippen LogP contribution is -2.41. The number of aryl methyl sites for hydroxylation is 1. The summed E-state index contributed by atoms with van der Waals surface area (Å²) in [6.07, 6.45) is 3.92. The van der Waals surface area contributed by atoms with Gasteiger partial charge in [-0.25, -0.2) is 9.97 Å². The first-order chi connectivity index (χ1) is 9.11. The number of hydrogen-bond donors (Lipinski definition) is 2. The van der Waals surface area contributed by atoms with Crippen LogP contribution < -0.4 is 10.6 Å². The minimum absolute atomic E-state index is 0.612. The maximum atomic E-state index is 4.51. The number of likely N-dealkylation sites (N-methyl/N-ethyl adjacent to an activating group) is 1. The van der Waals surface area contributed by atoms with Crippen LogP contribution in [0.2, 0.25) is 0 Å². The average molecular weight is 263 g/mol. The second-order valence-corrected chi connectivity index (χ2v) is 5.35. The van der Waals surface area contributed by atoms with Gasteiger partial charge in [-0.3, -0.25) is 0 Å². The lowest BCUT2D eigenvalue weighted by Gasteiger charge is -2.32. The fraction of sp³-hybridized carbons (Fsp3) is 0.714. The number of likely N-dealkylation sites (tertiary alicyclic amines) is 1. The third kappa shape index (κ3) is 3.35. The molecule has 5 nitrogen and oxygen atoms in total. The SMILES string of the molecule is CNc1nc(C)nc(NCC2CCCCN2C)c1C. The standard InChI is InChI=1S/C14H25N5/c1-10-13(15-3)17-11(2)18-14(10)16-9-12-7-5-6-8-19(12)4/h12H,5-9H2,1-4H3,(H2,15,16,17,18). The molecule has 0 spiro atoms. The number of rotatable bonds is 4. The van der Waals surface area contributed by atoms with Crippen molar-refractivity contribution in [1.82, 2.24) is 14.9 Å². The van der Waals surface area contributed by atoms with Crippen molar-refractivity contribution in [2.75, 3.05) is 37.8 Å². The van der Waals surface area contributed by atoms with E-state index in [0.717, 1.165) is 29.6 Å². The molecule has 5 heteroatoms. The van der Waals surface area contributed by atoms with E-state index in [4.69, 9.17) is 0 Å². The third-order valence-corrected chi connectivity index (χ3v) is 3.92. The smallest absolute Gasteiger partial charge is 0.134 e. The predicted molar refractivity (Wildman–Crippen MR) is 79.8 cm³/mol. The minimum atomic E-state index is 0.612. The molecular weight excluding hydrogens is 238 g/mol. The Bertz CT molecular complexity index is 432. The van der Waals surface area contributed by atoms with Gasteiger partial charge in [0, 0.05) is 25.2 Å². The fourth-order valence-corrected chi connectivity index (χ4v) is 2.66. The first kappa shape index (κ1) is 14.1. The van der Waals surface area contributed by atoms with Gasteiger partial charge in [0.2, 0.25) is 0 Å². The zero-order valence-corrected chi connectivity index (χ0v) is 12.5. The second kappa shape index (κ2) is 6.19. The molecule has 106 valence electrons. The highest BCUT2D eigenvalue weighted by molar-refractivity contribution is 5.56. The Kier molecular flexibility index (Phi) is 4.58. The van der Waals surface area contributed by atoms with Crippen LogP contribution in [0, 0.1) is 13.8 Å². The van der Waals surface area contributed by atoms with E-state index >= 15 is 0 Å². The predicted octanol–water partition coefficient (Wildman–Crippen LogP) is 2.03. The van der Waals surface area contributed by atoms with Crippen molar-refractivity contribution in [3.8, 4) is 0 Å². The Hall–Kier alpha value is -1.36. The summed E-state index contributed by atoms with van der Waals surface area (Å²) >= 11 is 0. The van der Waals surface area contributed by atoms with Crippen molar-refractivity contribution in [3.05, 3.63) is 11.4 Å². The van der Waals surface area contributed by atoms with Crippen LogP contribution in [0.4, 0.5) is 11.6 Å². The van der Waals surface area contributed by atoms with Gasteiger partial charge in [0.1, 0.15) is 17.5 Å². The Balaban J connectivity index is 2.04. The van der Waals surface area contributed by atoms with Gasteiger partial charge in [-0.1, -0.05) is 6.42 Å². The van der Waals surface area contributed by atoms with Crippen LogP contribution in [0.15, 0.2) is 0 Å². The molecule has 0 radical (unpaired) electrons. The summed E-state index contributed by atoms with van der Waals surface area (Å²) in [5, 5.41) is 6.62. The normalized spacial score (nSPS) is 20.3. The zero-order chi connectivity index (χ0) is 13.8. The van der Waals surface area contributed by atoms with Gasteiger partial charge in [-0.05, 0) is 40.3 Å².